The van der Waals surface area contributed by atoms with Crippen molar-refractivity contribution < 1.29 is 0 Å². The second-order valence-electron chi connectivity index (χ2n) is 4.18. The van der Waals surface area contributed by atoms with E-state index in [1.54, 1.807) is 4.57 Å². The van der Waals surface area contributed by atoms with Crippen molar-refractivity contribution in [3.8, 4) is 0 Å². The minimum absolute atomic E-state index is 0.0697. The molecule has 0 radical (unpaired) electrons. The van der Waals surface area contributed by atoms with E-state index in [1.165, 1.54) is 0 Å². The second kappa shape index (κ2) is 4.12. The van der Waals surface area contributed by atoms with Crippen LogP contribution in [0.25, 0.3) is 11.0 Å². The Morgan fingerprint density at radius 1 is 1.44 bits per heavy atom. The van der Waals surface area contributed by atoms with Gasteiger partial charge in [0.15, 0.2) is 0 Å². The van der Waals surface area contributed by atoms with Crippen molar-refractivity contribution in [2.45, 2.75) is 40.2 Å². The fraction of sp³-hybridized carbons (Fsp3) is 0.500. The molecule has 86 valence electrons. The van der Waals surface area contributed by atoms with Crippen molar-refractivity contribution in [3.05, 3.63) is 27.9 Å². The smallest absolute Gasteiger partial charge is 0.263 e. The lowest BCUT2D eigenvalue weighted by Crippen LogP contribution is -2.23. The van der Waals surface area contributed by atoms with Gasteiger partial charge in [-0.25, -0.2) is 4.98 Å². The van der Waals surface area contributed by atoms with Gasteiger partial charge in [0.2, 0.25) is 0 Å². The van der Waals surface area contributed by atoms with Gasteiger partial charge in [-0.3, -0.25) is 9.36 Å². The molecule has 0 aliphatic carbocycles. The molecule has 0 aromatic carbocycles. The number of hydrogen-bond acceptors (Lipinski definition) is 2. The van der Waals surface area contributed by atoms with Gasteiger partial charge >= 0.3 is 0 Å². The van der Waals surface area contributed by atoms with Crippen LogP contribution < -0.4 is 5.56 Å². The summed E-state index contributed by atoms with van der Waals surface area (Å²) in [5.74, 6) is 0.785. The molecule has 0 bridgehead atoms. The number of aromatic amines is 1. The molecule has 4 heteroatoms. The number of unbranched alkanes of at least 4 members (excludes halogenated alkanes) is 1. The summed E-state index contributed by atoms with van der Waals surface area (Å²) in [6.07, 6.45) is 2.09. The van der Waals surface area contributed by atoms with E-state index in [0.29, 0.717) is 11.0 Å². The summed E-state index contributed by atoms with van der Waals surface area (Å²) < 4.78 is 1.76. The Bertz CT molecular complexity index is 565. The molecular formula is C12H17N3O. The van der Waals surface area contributed by atoms with Gasteiger partial charge in [-0.1, -0.05) is 13.3 Å². The normalized spacial score (nSPS) is 11.2. The highest BCUT2D eigenvalue weighted by molar-refractivity contribution is 5.75. The molecule has 0 aliphatic heterocycles. The van der Waals surface area contributed by atoms with E-state index in [2.05, 4.69) is 16.9 Å². The summed E-state index contributed by atoms with van der Waals surface area (Å²) in [6, 6.07) is 1.87. The fourth-order valence-corrected chi connectivity index (χ4v) is 1.92. The summed E-state index contributed by atoms with van der Waals surface area (Å²) in [4.78, 5) is 19.7. The minimum Gasteiger partial charge on any atom is -0.343 e. The summed E-state index contributed by atoms with van der Waals surface area (Å²) in [6.45, 7) is 6.70. The van der Waals surface area contributed by atoms with Crippen LogP contribution in [0, 0.1) is 13.8 Å². The lowest BCUT2D eigenvalue weighted by molar-refractivity contribution is 0.591. The summed E-state index contributed by atoms with van der Waals surface area (Å²) >= 11 is 0. The topological polar surface area (TPSA) is 50.7 Å². The van der Waals surface area contributed by atoms with Gasteiger partial charge in [-0.2, -0.15) is 0 Å². The molecule has 2 rings (SSSR count). The van der Waals surface area contributed by atoms with E-state index in [4.69, 9.17) is 0 Å². The molecule has 0 saturated heterocycles. The molecule has 0 unspecified atom stereocenters. The van der Waals surface area contributed by atoms with Gasteiger partial charge in [-0.05, 0) is 26.3 Å². The van der Waals surface area contributed by atoms with Crippen molar-refractivity contribution in [1.82, 2.24) is 14.5 Å². The maximum atomic E-state index is 12.2. The Hall–Kier alpha value is -1.58. The number of fused-ring (bicyclic) bond motifs is 1. The van der Waals surface area contributed by atoms with Crippen molar-refractivity contribution in [2.24, 2.45) is 0 Å². The zero-order valence-electron chi connectivity index (χ0n) is 10.0. The SMILES string of the molecule is CCCCn1c(C)nc2[nH]c(C)cc2c1=O. The minimum atomic E-state index is 0.0697. The van der Waals surface area contributed by atoms with Crippen LogP contribution in [0.2, 0.25) is 0 Å². The first kappa shape index (κ1) is 10.9. The van der Waals surface area contributed by atoms with Crippen LogP contribution >= 0.6 is 0 Å². The van der Waals surface area contributed by atoms with Crippen LogP contribution in [-0.4, -0.2) is 14.5 Å². The first-order valence-corrected chi connectivity index (χ1v) is 5.70. The fourth-order valence-electron chi connectivity index (χ4n) is 1.92. The summed E-state index contributed by atoms with van der Waals surface area (Å²) in [7, 11) is 0. The Morgan fingerprint density at radius 2 is 2.19 bits per heavy atom. The Balaban J connectivity index is 2.60. The van der Waals surface area contributed by atoms with Gasteiger partial charge in [0.1, 0.15) is 11.5 Å². The molecular weight excluding hydrogens is 202 g/mol. The van der Waals surface area contributed by atoms with Crippen molar-refractivity contribution in [3.63, 3.8) is 0 Å². The van der Waals surface area contributed by atoms with E-state index in [-0.39, 0.29) is 5.56 Å². The molecule has 0 saturated carbocycles. The third-order valence-electron chi connectivity index (χ3n) is 2.81. The standard InChI is InChI=1S/C12H17N3O/c1-4-5-6-15-9(3)14-11-10(12(15)16)7-8(2)13-11/h7,13H,4-6H2,1-3H3. The number of aromatic nitrogens is 3. The largest absolute Gasteiger partial charge is 0.343 e. The highest BCUT2D eigenvalue weighted by Crippen LogP contribution is 2.09. The summed E-state index contributed by atoms with van der Waals surface area (Å²) in [5.41, 5.74) is 1.75. The first-order valence-electron chi connectivity index (χ1n) is 5.70. The summed E-state index contributed by atoms with van der Waals surface area (Å²) in [5, 5.41) is 0.694. The van der Waals surface area contributed by atoms with Crippen LogP contribution in [0.3, 0.4) is 0 Å². The van der Waals surface area contributed by atoms with E-state index >= 15 is 0 Å². The van der Waals surface area contributed by atoms with Gasteiger partial charge in [0.05, 0.1) is 5.39 Å². The van der Waals surface area contributed by atoms with Crippen LogP contribution in [0.5, 0.6) is 0 Å². The average Bonchev–Trinajstić information content (AvgIpc) is 2.59. The van der Waals surface area contributed by atoms with Crippen LogP contribution in [0.15, 0.2) is 10.9 Å². The highest BCUT2D eigenvalue weighted by Gasteiger charge is 2.09. The zero-order valence-corrected chi connectivity index (χ0v) is 10.0. The second-order valence-corrected chi connectivity index (χ2v) is 4.18. The molecule has 16 heavy (non-hydrogen) atoms. The van der Waals surface area contributed by atoms with Crippen LogP contribution in [0.1, 0.15) is 31.3 Å². The van der Waals surface area contributed by atoms with Gasteiger partial charge in [0, 0.05) is 12.2 Å². The first-order chi connectivity index (χ1) is 7.63. The third-order valence-corrected chi connectivity index (χ3v) is 2.81. The maximum Gasteiger partial charge on any atom is 0.263 e. The van der Waals surface area contributed by atoms with Crippen molar-refractivity contribution >= 4 is 11.0 Å². The monoisotopic (exact) mass is 219 g/mol. The average molecular weight is 219 g/mol. The Morgan fingerprint density at radius 3 is 2.88 bits per heavy atom. The number of H-pyrrole nitrogens is 1. The van der Waals surface area contributed by atoms with Crippen LogP contribution in [-0.2, 0) is 6.54 Å². The van der Waals surface area contributed by atoms with Gasteiger partial charge in [-0.15, -0.1) is 0 Å². The maximum absolute atomic E-state index is 12.2. The van der Waals surface area contributed by atoms with E-state index in [9.17, 15) is 4.79 Å². The number of rotatable bonds is 3. The number of nitrogens with zero attached hydrogens (tertiary/aromatic N) is 2. The highest BCUT2D eigenvalue weighted by atomic mass is 16.1. The molecule has 2 aromatic heterocycles. The number of hydrogen-bond donors (Lipinski definition) is 1. The molecule has 2 aromatic rings. The van der Waals surface area contributed by atoms with E-state index in [0.717, 1.165) is 30.9 Å². The third kappa shape index (κ3) is 1.75. The quantitative estimate of drug-likeness (QED) is 0.859. The molecule has 0 atom stereocenters. The van der Waals surface area contributed by atoms with E-state index < -0.39 is 0 Å². The molecule has 0 amide bonds. The van der Waals surface area contributed by atoms with Crippen LogP contribution in [0.4, 0.5) is 0 Å². The lowest BCUT2D eigenvalue weighted by atomic mass is 10.3. The number of nitrogens with one attached hydrogen (secondary N) is 1. The molecule has 0 aliphatic rings. The number of aryl methyl sites for hydroxylation is 2. The molecule has 0 fully saturated rings. The van der Waals surface area contributed by atoms with Crippen molar-refractivity contribution in [2.75, 3.05) is 0 Å². The molecule has 0 spiro atoms. The van der Waals surface area contributed by atoms with Gasteiger partial charge < -0.3 is 4.98 Å². The molecule has 2 heterocycles. The Labute approximate surface area is 94.3 Å². The van der Waals surface area contributed by atoms with Gasteiger partial charge in [0.25, 0.3) is 5.56 Å². The predicted molar refractivity (Wildman–Crippen MR) is 64.7 cm³/mol. The molecule has 1 N–H and O–H groups in total. The Kier molecular flexibility index (Phi) is 2.81. The molecule has 4 nitrogen and oxygen atoms in total. The predicted octanol–water partition coefficient (Wildman–Crippen LogP) is 2.14. The zero-order chi connectivity index (χ0) is 11.7. The van der Waals surface area contributed by atoms with Crippen molar-refractivity contribution in [1.29, 1.82) is 0 Å². The van der Waals surface area contributed by atoms with E-state index in [1.807, 2.05) is 19.9 Å². The lowest BCUT2D eigenvalue weighted by Gasteiger charge is -2.07.